The fraction of sp³-hybridized carbons (Fsp3) is 0. The summed E-state index contributed by atoms with van der Waals surface area (Å²) in [6, 6.07) is 11.4. The molecule has 0 unspecified atom stereocenters. The van der Waals surface area contributed by atoms with Crippen LogP contribution in [-0.4, -0.2) is 0 Å². The number of anilines is 2. The number of benzene rings is 2. The minimum absolute atomic E-state index is 0.331. The van der Waals surface area contributed by atoms with Crippen molar-refractivity contribution < 1.29 is 4.39 Å². The van der Waals surface area contributed by atoms with Crippen LogP contribution in [0.5, 0.6) is 0 Å². The highest BCUT2D eigenvalue weighted by Crippen LogP contribution is 2.26. The van der Waals surface area contributed by atoms with Gasteiger partial charge in [-0.1, -0.05) is 27.5 Å². The molecule has 90 valence electrons. The first-order valence-electron chi connectivity index (χ1n) is 5.02. The van der Waals surface area contributed by atoms with E-state index in [4.69, 9.17) is 16.9 Å². The molecule has 0 spiro atoms. The highest BCUT2D eigenvalue weighted by molar-refractivity contribution is 9.10. The predicted molar refractivity (Wildman–Crippen MR) is 73.5 cm³/mol. The van der Waals surface area contributed by atoms with Crippen molar-refractivity contribution in [1.82, 2.24) is 0 Å². The first-order chi connectivity index (χ1) is 8.60. The molecular weight excluding hydrogens is 319 g/mol. The molecule has 0 saturated carbocycles. The van der Waals surface area contributed by atoms with E-state index in [9.17, 15) is 4.39 Å². The standard InChI is InChI=1S/C13H7BrClFN2/c14-9-2-4-12(16)13(5-9)18-10-3-1-8(7-17)11(15)6-10/h1-6,18H. The Morgan fingerprint density at radius 1 is 1.22 bits per heavy atom. The molecule has 2 rings (SSSR count). The van der Waals surface area contributed by atoms with Crippen LogP contribution in [0.3, 0.4) is 0 Å². The molecule has 2 nitrogen and oxygen atoms in total. The number of hydrogen-bond acceptors (Lipinski definition) is 2. The molecule has 0 aliphatic heterocycles. The minimum atomic E-state index is -0.362. The largest absolute Gasteiger partial charge is 0.353 e. The third-order valence-electron chi connectivity index (χ3n) is 2.30. The summed E-state index contributed by atoms with van der Waals surface area (Å²) >= 11 is 9.17. The molecule has 2 aromatic rings. The molecule has 0 atom stereocenters. The summed E-state index contributed by atoms with van der Waals surface area (Å²) in [7, 11) is 0. The van der Waals surface area contributed by atoms with E-state index in [-0.39, 0.29) is 5.82 Å². The molecule has 0 aromatic heterocycles. The van der Waals surface area contributed by atoms with Gasteiger partial charge in [0, 0.05) is 10.2 Å². The van der Waals surface area contributed by atoms with Gasteiger partial charge >= 0.3 is 0 Å². The van der Waals surface area contributed by atoms with Crippen LogP contribution in [0.2, 0.25) is 5.02 Å². The van der Waals surface area contributed by atoms with Gasteiger partial charge in [0.25, 0.3) is 0 Å². The Balaban J connectivity index is 2.32. The van der Waals surface area contributed by atoms with Crippen LogP contribution in [0.25, 0.3) is 0 Å². The Morgan fingerprint density at radius 2 is 2.00 bits per heavy atom. The van der Waals surface area contributed by atoms with Crippen molar-refractivity contribution in [3.05, 3.63) is 57.3 Å². The number of nitriles is 1. The molecule has 0 fully saturated rings. The van der Waals surface area contributed by atoms with Gasteiger partial charge in [0.05, 0.1) is 16.3 Å². The maximum absolute atomic E-state index is 13.5. The van der Waals surface area contributed by atoms with E-state index in [0.29, 0.717) is 22.0 Å². The molecular formula is C13H7BrClFN2. The lowest BCUT2D eigenvalue weighted by atomic mass is 10.2. The normalized spacial score (nSPS) is 9.89. The smallest absolute Gasteiger partial charge is 0.146 e. The van der Waals surface area contributed by atoms with Crippen LogP contribution in [0.1, 0.15) is 5.56 Å². The van der Waals surface area contributed by atoms with Crippen molar-refractivity contribution in [2.75, 3.05) is 5.32 Å². The van der Waals surface area contributed by atoms with Crippen molar-refractivity contribution in [2.24, 2.45) is 0 Å². The van der Waals surface area contributed by atoms with Crippen molar-refractivity contribution >= 4 is 38.9 Å². The molecule has 0 aliphatic carbocycles. The number of nitrogens with one attached hydrogen (secondary N) is 1. The van der Waals surface area contributed by atoms with E-state index in [1.807, 2.05) is 6.07 Å². The first-order valence-corrected chi connectivity index (χ1v) is 6.19. The lowest BCUT2D eigenvalue weighted by molar-refractivity contribution is 0.631. The molecule has 0 bridgehead atoms. The van der Waals surface area contributed by atoms with E-state index in [0.717, 1.165) is 4.47 Å². The van der Waals surface area contributed by atoms with Gasteiger partial charge in [0.2, 0.25) is 0 Å². The molecule has 2 aromatic carbocycles. The molecule has 0 saturated heterocycles. The number of rotatable bonds is 2. The fourth-order valence-electron chi connectivity index (χ4n) is 1.43. The Labute approximate surface area is 117 Å². The van der Waals surface area contributed by atoms with Crippen LogP contribution in [-0.2, 0) is 0 Å². The molecule has 1 N–H and O–H groups in total. The molecule has 0 heterocycles. The zero-order valence-corrected chi connectivity index (χ0v) is 11.4. The van der Waals surface area contributed by atoms with E-state index in [2.05, 4.69) is 21.2 Å². The predicted octanol–water partition coefficient (Wildman–Crippen LogP) is 4.86. The fourth-order valence-corrected chi connectivity index (χ4v) is 2.02. The summed E-state index contributed by atoms with van der Waals surface area (Å²) in [6.07, 6.45) is 0. The van der Waals surface area contributed by atoms with Crippen molar-refractivity contribution in [3.8, 4) is 6.07 Å². The average Bonchev–Trinajstić information content (AvgIpc) is 2.34. The average molecular weight is 326 g/mol. The van der Waals surface area contributed by atoms with Crippen molar-refractivity contribution in [3.63, 3.8) is 0 Å². The number of halogens is 3. The van der Waals surface area contributed by atoms with Gasteiger partial charge in [-0.2, -0.15) is 5.26 Å². The SMILES string of the molecule is N#Cc1ccc(Nc2cc(Br)ccc2F)cc1Cl. The lowest BCUT2D eigenvalue weighted by Gasteiger charge is -2.08. The molecule has 0 radical (unpaired) electrons. The van der Waals surface area contributed by atoms with Crippen molar-refractivity contribution in [2.45, 2.75) is 0 Å². The maximum atomic E-state index is 13.5. The van der Waals surface area contributed by atoms with Gasteiger partial charge in [-0.15, -0.1) is 0 Å². The number of hydrogen-bond donors (Lipinski definition) is 1. The topological polar surface area (TPSA) is 35.8 Å². The molecule has 0 amide bonds. The second kappa shape index (κ2) is 5.38. The van der Waals surface area contributed by atoms with E-state index >= 15 is 0 Å². The first kappa shape index (κ1) is 12.9. The monoisotopic (exact) mass is 324 g/mol. The zero-order valence-electron chi connectivity index (χ0n) is 9.05. The lowest BCUT2D eigenvalue weighted by Crippen LogP contribution is -1.94. The Kier molecular flexibility index (Phi) is 3.85. The summed E-state index contributed by atoms with van der Waals surface area (Å²) < 4.78 is 14.3. The third-order valence-corrected chi connectivity index (χ3v) is 3.10. The van der Waals surface area contributed by atoms with Crippen molar-refractivity contribution in [1.29, 1.82) is 5.26 Å². The summed E-state index contributed by atoms with van der Waals surface area (Å²) in [6.45, 7) is 0. The third kappa shape index (κ3) is 2.81. The van der Waals surface area contributed by atoms with Gasteiger partial charge in [-0.05, 0) is 36.4 Å². The minimum Gasteiger partial charge on any atom is -0.353 e. The van der Waals surface area contributed by atoms with Gasteiger partial charge in [0.1, 0.15) is 11.9 Å². The molecule has 18 heavy (non-hydrogen) atoms. The Bertz CT molecular complexity index is 637. The van der Waals surface area contributed by atoms with E-state index in [1.165, 1.54) is 6.07 Å². The Hall–Kier alpha value is -1.57. The summed E-state index contributed by atoms with van der Waals surface area (Å²) in [4.78, 5) is 0. The van der Waals surface area contributed by atoms with Gasteiger partial charge < -0.3 is 5.32 Å². The van der Waals surface area contributed by atoms with Gasteiger partial charge in [-0.3, -0.25) is 0 Å². The van der Waals surface area contributed by atoms with Crippen LogP contribution in [0.4, 0.5) is 15.8 Å². The zero-order chi connectivity index (χ0) is 13.1. The van der Waals surface area contributed by atoms with Gasteiger partial charge in [0.15, 0.2) is 0 Å². The molecule has 5 heteroatoms. The van der Waals surface area contributed by atoms with Crippen LogP contribution in [0.15, 0.2) is 40.9 Å². The second-order valence-electron chi connectivity index (χ2n) is 3.56. The second-order valence-corrected chi connectivity index (χ2v) is 4.88. The summed E-state index contributed by atoms with van der Waals surface area (Å²) in [5, 5.41) is 12.0. The summed E-state index contributed by atoms with van der Waals surface area (Å²) in [5.41, 5.74) is 1.35. The van der Waals surface area contributed by atoms with Crippen LogP contribution >= 0.6 is 27.5 Å². The quantitative estimate of drug-likeness (QED) is 0.856. The Morgan fingerprint density at radius 3 is 2.67 bits per heavy atom. The van der Waals surface area contributed by atoms with Crippen LogP contribution in [0, 0.1) is 17.1 Å². The van der Waals surface area contributed by atoms with E-state index in [1.54, 1.807) is 30.3 Å². The summed E-state index contributed by atoms with van der Waals surface area (Å²) in [5.74, 6) is -0.362. The van der Waals surface area contributed by atoms with Crippen LogP contribution < -0.4 is 5.32 Å². The number of nitrogens with zero attached hydrogens (tertiary/aromatic N) is 1. The van der Waals surface area contributed by atoms with Gasteiger partial charge in [-0.25, -0.2) is 4.39 Å². The van der Waals surface area contributed by atoms with E-state index < -0.39 is 0 Å². The maximum Gasteiger partial charge on any atom is 0.146 e. The highest BCUT2D eigenvalue weighted by atomic mass is 79.9. The molecule has 0 aliphatic rings. The highest BCUT2D eigenvalue weighted by Gasteiger charge is 2.05.